The molecule has 2 nitrogen and oxygen atoms in total. The van der Waals surface area contributed by atoms with E-state index in [9.17, 15) is 0 Å². The standard InChI is InChI=1S/C32H42N2S2.2BrH/c1(3-5-7-15-21-31-25-33(27-35-31)23-29-17-11-9-12-18-29)2-4-6-8-16-22-32-26-34(28-36-32)24-30-19-13-10-14-20-30;;/h9-14,17-20,25-28H,1-8,15-16,21-24H2;2*1H/q+2;;/p-2. The second kappa shape index (κ2) is 19.7. The van der Waals surface area contributed by atoms with E-state index in [0.29, 0.717) is 0 Å². The summed E-state index contributed by atoms with van der Waals surface area (Å²) in [5, 5.41) is 0. The maximum atomic E-state index is 2.35. The molecule has 206 valence electrons. The number of halogens is 2. The molecular formula is C32H42Br2N2S2. The Bertz CT molecular complexity index is 1020. The van der Waals surface area contributed by atoms with Crippen molar-refractivity contribution in [1.29, 1.82) is 0 Å². The summed E-state index contributed by atoms with van der Waals surface area (Å²) in [5.74, 6) is 0. The molecular weight excluding hydrogens is 636 g/mol. The molecule has 0 atom stereocenters. The summed E-state index contributed by atoms with van der Waals surface area (Å²) in [4.78, 5) is 3.05. The number of rotatable bonds is 17. The summed E-state index contributed by atoms with van der Waals surface area (Å²) >= 11 is 3.82. The van der Waals surface area contributed by atoms with Crippen molar-refractivity contribution in [3.05, 3.63) is 105 Å². The van der Waals surface area contributed by atoms with Gasteiger partial charge >= 0.3 is 0 Å². The molecule has 0 spiro atoms. The zero-order valence-corrected chi connectivity index (χ0v) is 27.3. The fourth-order valence-electron chi connectivity index (χ4n) is 4.78. The highest BCUT2D eigenvalue weighted by atomic mass is 79.9. The van der Waals surface area contributed by atoms with Crippen LogP contribution in [0.25, 0.3) is 0 Å². The Morgan fingerprint density at radius 1 is 0.447 bits per heavy atom. The van der Waals surface area contributed by atoms with E-state index in [4.69, 9.17) is 0 Å². The first-order valence-electron chi connectivity index (χ1n) is 13.9. The molecule has 0 fully saturated rings. The van der Waals surface area contributed by atoms with Gasteiger partial charge in [-0.1, -0.05) is 135 Å². The van der Waals surface area contributed by atoms with Crippen LogP contribution < -0.4 is 43.1 Å². The predicted octanol–water partition coefficient (Wildman–Crippen LogP) is 2.18. The van der Waals surface area contributed by atoms with Crippen molar-refractivity contribution in [3.63, 3.8) is 0 Å². The average Bonchev–Trinajstić information content (AvgIpc) is 3.55. The van der Waals surface area contributed by atoms with Crippen molar-refractivity contribution in [1.82, 2.24) is 0 Å². The number of hydrogen-bond donors (Lipinski definition) is 0. The highest BCUT2D eigenvalue weighted by Gasteiger charge is 2.09. The fourth-order valence-corrected chi connectivity index (χ4v) is 6.51. The molecule has 0 radical (unpaired) electrons. The Morgan fingerprint density at radius 2 is 0.789 bits per heavy atom. The third kappa shape index (κ3) is 12.7. The summed E-state index contributed by atoms with van der Waals surface area (Å²) in [6.07, 6.45) is 21.0. The van der Waals surface area contributed by atoms with Gasteiger partial charge in [0.1, 0.15) is 0 Å². The molecule has 0 saturated heterocycles. The number of thiazole rings is 2. The third-order valence-corrected chi connectivity index (χ3v) is 8.79. The first-order valence-corrected chi connectivity index (χ1v) is 15.6. The molecule has 0 aliphatic heterocycles. The smallest absolute Gasteiger partial charge is 0.225 e. The van der Waals surface area contributed by atoms with E-state index in [1.807, 2.05) is 22.7 Å². The van der Waals surface area contributed by atoms with Crippen LogP contribution in [0.15, 0.2) is 84.1 Å². The second-order valence-corrected chi connectivity index (χ2v) is 11.9. The van der Waals surface area contributed by atoms with Crippen LogP contribution in [0.2, 0.25) is 0 Å². The van der Waals surface area contributed by atoms with E-state index < -0.39 is 0 Å². The minimum atomic E-state index is 0. The van der Waals surface area contributed by atoms with Gasteiger partial charge in [-0.15, -0.1) is 0 Å². The number of benzene rings is 2. The van der Waals surface area contributed by atoms with Crippen LogP contribution in [-0.2, 0) is 25.9 Å². The topological polar surface area (TPSA) is 7.76 Å². The van der Waals surface area contributed by atoms with Gasteiger partial charge in [0, 0.05) is 11.1 Å². The van der Waals surface area contributed by atoms with E-state index in [2.05, 4.69) is 93.2 Å². The SMILES string of the molecule is [Br-].[Br-].c1ccc(C[n+]2csc(CCCCCCCCCCCCc3c[n+](Cc4ccccc4)cs3)c2)cc1. The average molecular weight is 679 g/mol. The van der Waals surface area contributed by atoms with Gasteiger partial charge in [-0.25, -0.2) is 0 Å². The molecule has 0 amide bonds. The summed E-state index contributed by atoms with van der Waals surface area (Å²) in [5.41, 5.74) is 7.29. The molecule has 0 N–H and O–H groups in total. The highest BCUT2D eigenvalue weighted by Crippen LogP contribution is 2.16. The lowest BCUT2D eigenvalue weighted by molar-refractivity contribution is -0.683. The summed E-state index contributed by atoms with van der Waals surface area (Å²) < 4.78 is 4.66. The maximum absolute atomic E-state index is 2.35. The molecule has 0 aliphatic carbocycles. The Labute approximate surface area is 259 Å². The van der Waals surface area contributed by atoms with Crippen LogP contribution in [-0.4, -0.2) is 0 Å². The molecule has 4 rings (SSSR count). The van der Waals surface area contributed by atoms with Crippen LogP contribution in [0.1, 0.15) is 85.1 Å². The van der Waals surface area contributed by atoms with Gasteiger partial charge in [0.2, 0.25) is 11.0 Å². The molecule has 0 saturated carbocycles. The third-order valence-electron chi connectivity index (χ3n) is 6.81. The van der Waals surface area contributed by atoms with Crippen LogP contribution in [0.5, 0.6) is 0 Å². The largest absolute Gasteiger partial charge is 1.00 e. The van der Waals surface area contributed by atoms with Crippen molar-refractivity contribution < 1.29 is 43.1 Å². The van der Waals surface area contributed by atoms with Crippen molar-refractivity contribution in [2.24, 2.45) is 0 Å². The summed E-state index contributed by atoms with van der Waals surface area (Å²) in [7, 11) is 0. The van der Waals surface area contributed by atoms with Crippen molar-refractivity contribution in [2.75, 3.05) is 0 Å². The van der Waals surface area contributed by atoms with Gasteiger partial charge in [0.05, 0.1) is 9.75 Å². The lowest BCUT2D eigenvalue weighted by Gasteiger charge is -2.02. The lowest BCUT2D eigenvalue weighted by Crippen LogP contribution is -3.00. The van der Waals surface area contributed by atoms with Gasteiger partial charge in [-0.2, -0.15) is 9.13 Å². The lowest BCUT2D eigenvalue weighted by atomic mass is 10.0. The molecule has 0 unspecified atom stereocenters. The molecule has 2 aromatic carbocycles. The second-order valence-electron chi connectivity index (χ2n) is 9.99. The summed E-state index contributed by atoms with van der Waals surface area (Å²) in [6.45, 7) is 1.97. The molecule has 0 aliphatic rings. The molecule has 2 aromatic heterocycles. The quantitative estimate of drug-likeness (QED) is 0.120. The van der Waals surface area contributed by atoms with Gasteiger partial charge in [-0.3, -0.25) is 0 Å². The Hall–Kier alpha value is -1.34. The van der Waals surface area contributed by atoms with Gasteiger partial charge in [0.15, 0.2) is 25.5 Å². The van der Waals surface area contributed by atoms with Crippen molar-refractivity contribution in [2.45, 2.75) is 90.1 Å². The Kier molecular flexibility index (Phi) is 17.0. The number of aryl methyl sites for hydroxylation is 2. The minimum Gasteiger partial charge on any atom is -1.00 e. The number of nitrogens with zero attached hydrogens (tertiary/aromatic N) is 2. The summed E-state index contributed by atoms with van der Waals surface area (Å²) in [6, 6.07) is 21.5. The van der Waals surface area contributed by atoms with Crippen molar-refractivity contribution >= 4 is 22.7 Å². The normalized spacial score (nSPS) is 10.6. The van der Waals surface area contributed by atoms with Gasteiger partial charge in [-0.05, 0) is 25.7 Å². The van der Waals surface area contributed by atoms with Crippen molar-refractivity contribution in [3.8, 4) is 0 Å². The molecule has 4 aromatic rings. The maximum Gasteiger partial charge on any atom is 0.225 e. The fraction of sp³-hybridized carbons (Fsp3) is 0.438. The molecule has 38 heavy (non-hydrogen) atoms. The number of hydrogen-bond acceptors (Lipinski definition) is 2. The van der Waals surface area contributed by atoms with E-state index in [1.54, 1.807) is 0 Å². The predicted molar refractivity (Wildman–Crippen MR) is 154 cm³/mol. The molecule has 2 heterocycles. The first-order chi connectivity index (χ1) is 17.8. The van der Waals surface area contributed by atoms with Crippen LogP contribution in [0, 0.1) is 0 Å². The Morgan fingerprint density at radius 3 is 1.16 bits per heavy atom. The van der Waals surface area contributed by atoms with E-state index >= 15 is 0 Å². The van der Waals surface area contributed by atoms with Crippen LogP contribution >= 0.6 is 22.7 Å². The minimum absolute atomic E-state index is 0. The zero-order chi connectivity index (χ0) is 24.7. The molecule has 0 bridgehead atoms. The monoisotopic (exact) mass is 676 g/mol. The van der Waals surface area contributed by atoms with E-state index in [-0.39, 0.29) is 34.0 Å². The molecule has 6 heteroatoms. The Balaban J connectivity index is 0.00000253. The van der Waals surface area contributed by atoms with Crippen LogP contribution in [0.4, 0.5) is 0 Å². The van der Waals surface area contributed by atoms with Gasteiger partial charge < -0.3 is 34.0 Å². The van der Waals surface area contributed by atoms with Gasteiger partial charge in [0.25, 0.3) is 0 Å². The first kappa shape index (κ1) is 32.9. The van der Waals surface area contributed by atoms with E-state index in [0.717, 1.165) is 13.1 Å². The van der Waals surface area contributed by atoms with E-state index in [1.165, 1.54) is 97.9 Å². The number of aromatic nitrogens is 2. The highest BCUT2D eigenvalue weighted by molar-refractivity contribution is 7.09. The number of unbranched alkanes of at least 4 members (excludes halogenated alkanes) is 9. The zero-order valence-electron chi connectivity index (χ0n) is 22.4. The van der Waals surface area contributed by atoms with Crippen LogP contribution in [0.3, 0.4) is 0 Å².